The number of nitrogens with one attached hydrogen (secondary N) is 2. The van der Waals surface area contributed by atoms with Gasteiger partial charge in [0.05, 0.1) is 22.8 Å². The molecule has 7 nitrogen and oxygen atoms in total. The van der Waals surface area contributed by atoms with Gasteiger partial charge in [-0.25, -0.2) is 14.3 Å². The third kappa shape index (κ3) is 4.65. The van der Waals surface area contributed by atoms with Gasteiger partial charge in [0.15, 0.2) is 0 Å². The Morgan fingerprint density at radius 2 is 1.83 bits per heavy atom. The third-order valence-corrected chi connectivity index (χ3v) is 5.62. The zero-order valence-electron chi connectivity index (χ0n) is 17.3. The molecule has 30 heavy (non-hydrogen) atoms. The standard InChI is InChI=1S/C21H26ClFN4O3/c1-12(2)14-9-19(28)27(21(14)30)18-11-17(15(22)10-16(18)23)24-13(3)20(29)25-26-7-5-4-6-8-26/h10-11,13,24H,4-9H2,1-3H3,(H,25,29). The number of carbonyl (C=O) groups is 3. The Hall–Kier alpha value is -2.45. The number of hydrogen-bond donors (Lipinski definition) is 2. The highest BCUT2D eigenvalue weighted by Gasteiger charge is 2.37. The molecule has 0 aliphatic carbocycles. The van der Waals surface area contributed by atoms with E-state index in [1.807, 2.05) is 5.01 Å². The van der Waals surface area contributed by atoms with Crippen molar-refractivity contribution in [2.24, 2.45) is 0 Å². The van der Waals surface area contributed by atoms with Crippen molar-refractivity contribution in [1.29, 1.82) is 0 Å². The van der Waals surface area contributed by atoms with Gasteiger partial charge in [-0.05, 0) is 45.7 Å². The lowest BCUT2D eigenvalue weighted by atomic mass is 10.1. The maximum atomic E-state index is 14.6. The highest BCUT2D eigenvalue weighted by atomic mass is 35.5. The molecule has 3 amide bonds. The van der Waals surface area contributed by atoms with Crippen molar-refractivity contribution < 1.29 is 18.8 Å². The van der Waals surface area contributed by atoms with Crippen molar-refractivity contribution in [1.82, 2.24) is 10.4 Å². The number of anilines is 2. The Balaban J connectivity index is 1.80. The summed E-state index contributed by atoms with van der Waals surface area (Å²) in [5.41, 5.74) is 4.02. The maximum Gasteiger partial charge on any atom is 0.261 e. The number of carbonyl (C=O) groups excluding carboxylic acids is 3. The van der Waals surface area contributed by atoms with E-state index in [0.717, 1.165) is 43.3 Å². The summed E-state index contributed by atoms with van der Waals surface area (Å²) in [5.74, 6) is -2.08. The minimum Gasteiger partial charge on any atom is -0.373 e. The Morgan fingerprint density at radius 1 is 1.17 bits per heavy atom. The lowest BCUT2D eigenvalue weighted by Gasteiger charge is -2.28. The summed E-state index contributed by atoms with van der Waals surface area (Å²) in [6.07, 6.45) is 3.14. The van der Waals surface area contributed by atoms with Gasteiger partial charge in [-0.2, -0.15) is 0 Å². The van der Waals surface area contributed by atoms with E-state index in [-0.39, 0.29) is 28.7 Å². The summed E-state index contributed by atoms with van der Waals surface area (Å²) < 4.78 is 14.6. The van der Waals surface area contributed by atoms with Crippen LogP contribution in [0.4, 0.5) is 15.8 Å². The predicted molar refractivity (Wildman–Crippen MR) is 114 cm³/mol. The summed E-state index contributed by atoms with van der Waals surface area (Å²) in [5, 5.41) is 4.89. The van der Waals surface area contributed by atoms with Crippen LogP contribution in [0.2, 0.25) is 5.02 Å². The van der Waals surface area contributed by atoms with Crippen LogP contribution in [-0.2, 0) is 14.4 Å². The number of imide groups is 1. The van der Waals surface area contributed by atoms with Crippen molar-refractivity contribution in [2.45, 2.75) is 52.5 Å². The van der Waals surface area contributed by atoms with Crippen molar-refractivity contribution in [2.75, 3.05) is 23.3 Å². The van der Waals surface area contributed by atoms with Gasteiger partial charge in [-0.3, -0.25) is 19.8 Å². The molecule has 0 bridgehead atoms. The molecule has 2 aliphatic heterocycles. The van der Waals surface area contributed by atoms with Crippen LogP contribution in [0.15, 0.2) is 23.3 Å². The molecule has 2 aliphatic rings. The molecule has 1 unspecified atom stereocenters. The summed E-state index contributed by atoms with van der Waals surface area (Å²) >= 11 is 6.16. The van der Waals surface area contributed by atoms with E-state index in [9.17, 15) is 18.8 Å². The quantitative estimate of drug-likeness (QED) is 0.546. The van der Waals surface area contributed by atoms with E-state index >= 15 is 0 Å². The van der Waals surface area contributed by atoms with Crippen LogP contribution in [0.25, 0.3) is 0 Å². The van der Waals surface area contributed by atoms with Crippen LogP contribution < -0.4 is 15.6 Å². The molecule has 3 rings (SSSR count). The molecule has 2 saturated heterocycles. The predicted octanol–water partition coefficient (Wildman–Crippen LogP) is 3.40. The molecule has 2 N–H and O–H groups in total. The number of piperidine rings is 1. The van der Waals surface area contributed by atoms with Crippen LogP contribution in [0.3, 0.4) is 0 Å². The Morgan fingerprint density at radius 3 is 2.43 bits per heavy atom. The van der Waals surface area contributed by atoms with Gasteiger partial charge in [0.1, 0.15) is 11.9 Å². The molecule has 9 heteroatoms. The molecule has 2 heterocycles. The second-order valence-electron chi connectivity index (χ2n) is 7.86. The summed E-state index contributed by atoms with van der Waals surface area (Å²) in [4.78, 5) is 38.3. The molecule has 1 aromatic carbocycles. The van der Waals surface area contributed by atoms with Gasteiger partial charge in [-0.1, -0.05) is 23.6 Å². The summed E-state index contributed by atoms with van der Waals surface area (Å²) in [6.45, 7) is 6.72. The number of benzene rings is 1. The monoisotopic (exact) mass is 436 g/mol. The van der Waals surface area contributed by atoms with Gasteiger partial charge >= 0.3 is 0 Å². The first-order chi connectivity index (χ1) is 14.2. The molecular formula is C21H26ClFN4O3. The summed E-state index contributed by atoms with van der Waals surface area (Å²) in [6, 6.07) is 1.67. The Kier molecular flexibility index (Phi) is 6.77. The van der Waals surface area contributed by atoms with E-state index in [2.05, 4.69) is 10.7 Å². The average Bonchev–Trinajstić information content (AvgIpc) is 2.99. The van der Waals surface area contributed by atoms with E-state index in [1.165, 1.54) is 6.07 Å². The fraction of sp³-hybridized carbons (Fsp3) is 0.476. The molecular weight excluding hydrogens is 411 g/mol. The van der Waals surface area contributed by atoms with Crippen molar-refractivity contribution in [3.8, 4) is 0 Å². The normalized spacial score (nSPS) is 18.6. The lowest BCUT2D eigenvalue weighted by molar-refractivity contribution is -0.127. The van der Waals surface area contributed by atoms with Gasteiger partial charge in [0, 0.05) is 18.7 Å². The van der Waals surface area contributed by atoms with Crippen LogP contribution in [0.1, 0.15) is 46.5 Å². The topological polar surface area (TPSA) is 81.8 Å². The number of nitrogens with zero attached hydrogens (tertiary/aromatic N) is 2. The molecule has 0 aromatic heterocycles. The highest BCUT2D eigenvalue weighted by molar-refractivity contribution is 6.34. The van der Waals surface area contributed by atoms with Crippen molar-refractivity contribution >= 4 is 40.7 Å². The largest absolute Gasteiger partial charge is 0.373 e. The van der Waals surface area contributed by atoms with Crippen LogP contribution >= 0.6 is 11.6 Å². The minimum atomic E-state index is -0.785. The Bertz CT molecular complexity index is 908. The molecule has 0 spiro atoms. The number of allylic oxidation sites excluding steroid dienone is 1. The first kappa shape index (κ1) is 22.2. The second-order valence-corrected chi connectivity index (χ2v) is 8.27. The van der Waals surface area contributed by atoms with Crippen molar-refractivity contribution in [3.63, 3.8) is 0 Å². The Labute approximate surface area is 180 Å². The summed E-state index contributed by atoms with van der Waals surface area (Å²) in [7, 11) is 0. The van der Waals surface area contributed by atoms with Gasteiger partial charge in [0.25, 0.3) is 11.8 Å². The fourth-order valence-electron chi connectivity index (χ4n) is 3.57. The molecule has 1 aromatic rings. The van der Waals surface area contributed by atoms with Crippen LogP contribution in [0, 0.1) is 5.82 Å². The van der Waals surface area contributed by atoms with E-state index < -0.39 is 23.7 Å². The fourth-order valence-corrected chi connectivity index (χ4v) is 3.77. The molecule has 0 radical (unpaired) electrons. The zero-order valence-corrected chi connectivity index (χ0v) is 18.1. The SMILES string of the molecule is CC(C)=C1CC(=O)N(c2cc(NC(C)C(=O)NN3CCCCC3)c(Cl)cc2F)C1=O. The number of halogens is 2. The minimum absolute atomic E-state index is 0.0513. The number of rotatable bonds is 5. The van der Waals surface area contributed by atoms with Gasteiger partial charge < -0.3 is 5.32 Å². The first-order valence-electron chi connectivity index (χ1n) is 10.0. The van der Waals surface area contributed by atoms with Crippen molar-refractivity contribution in [3.05, 3.63) is 34.1 Å². The molecule has 162 valence electrons. The molecule has 1 atom stereocenters. The van der Waals surface area contributed by atoms with Crippen LogP contribution in [-0.4, -0.2) is 41.9 Å². The third-order valence-electron chi connectivity index (χ3n) is 5.31. The van der Waals surface area contributed by atoms with Crippen LogP contribution in [0.5, 0.6) is 0 Å². The van der Waals surface area contributed by atoms with Gasteiger partial charge in [0.2, 0.25) is 5.91 Å². The number of hydrogen-bond acceptors (Lipinski definition) is 5. The highest BCUT2D eigenvalue weighted by Crippen LogP contribution is 2.35. The second kappa shape index (κ2) is 9.14. The number of hydrazine groups is 1. The smallest absolute Gasteiger partial charge is 0.261 e. The van der Waals surface area contributed by atoms with Gasteiger partial charge in [-0.15, -0.1) is 0 Å². The maximum absolute atomic E-state index is 14.6. The van der Waals surface area contributed by atoms with E-state index in [0.29, 0.717) is 11.1 Å². The zero-order chi connectivity index (χ0) is 22.0. The molecule has 0 saturated carbocycles. The average molecular weight is 437 g/mol. The number of amides is 3. The van der Waals surface area contributed by atoms with E-state index in [1.54, 1.807) is 20.8 Å². The van der Waals surface area contributed by atoms with E-state index in [4.69, 9.17) is 11.6 Å². The lowest BCUT2D eigenvalue weighted by Crippen LogP contribution is -2.49. The first-order valence-corrected chi connectivity index (χ1v) is 10.4. The molecule has 2 fully saturated rings.